The molecule has 0 bridgehead atoms. The molecular formula is C17H29NO3. The quantitative estimate of drug-likeness (QED) is 0.634. The molecule has 1 unspecified atom stereocenters. The van der Waals surface area contributed by atoms with E-state index < -0.39 is 0 Å². The van der Waals surface area contributed by atoms with Crippen LogP contribution in [0.15, 0.2) is 24.3 Å². The summed E-state index contributed by atoms with van der Waals surface area (Å²) in [6, 6.07) is 8.13. The molecule has 1 atom stereocenters. The predicted octanol–water partition coefficient (Wildman–Crippen LogP) is 3.53. The highest BCUT2D eigenvalue weighted by Gasteiger charge is 2.24. The number of hydrogen-bond acceptors (Lipinski definition) is 4. The lowest BCUT2D eigenvalue weighted by atomic mass is 10.1. The summed E-state index contributed by atoms with van der Waals surface area (Å²) in [5.41, 5.74) is 1.13. The second-order valence-electron chi connectivity index (χ2n) is 4.72. The van der Waals surface area contributed by atoms with Crippen LogP contribution in [0.4, 0.5) is 0 Å². The van der Waals surface area contributed by atoms with Crippen LogP contribution in [0.25, 0.3) is 0 Å². The van der Waals surface area contributed by atoms with Crippen LogP contribution in [0, 0.1) is 0 Å². The van der Waals surface area contributed by atoms with E-state index in [1.54, 1.807) is 0 Å². The van der Waals surface area contributed by atoms with Crippen molar-refractivity contribution in [2.45, 2.75) is 46.4 Å². The molecular weight excluding hydrogens is 266 g/mol. The number of nitrogens with one attached hydrogen (secondary N) is 1. The normalized spacial score (nSPS) is 12.6. The molecule has 21 heavy (non-hydrogen) atoms. The fourth-order valence-electron chi connectivity index (χ4n) is 2.20. The van der Waals surface area contributed by atoms with Crippen molar-refractivity contribution in [3.63, 3.8) is 0 Å². The standard InChI is InChI=1S/C17H29NO3/c1-5-12-18-16(17(20-7-3)21-8-4)14-10-9-11-15(13-14)19-6-2/h9-11,13,16-18H,5-8,12H2,1-4H3. The van der Waals surface area contributed by atoms with Gasteiger partial charge in [0.15, 0.2) is 6.29 Å². The smallest absolute Gasteiger partial charge is 0.176 e. The first-order valence-corrected chi connectivity index (χ1v) is 7.96. The Kier molecular flexibility index (Phi) is 9.06. The van der Waals surface area contributed by atoms with Gasteiger partial charge in [-0.15, -0.1) is 0 Å². The Bertz CT molecular complexity index is 378. The maximum atomic E-state index is 5.77. The largest absolute Gasteiger partial charge is 0.494 e. The molecule has 4 heteroatoms. The first-order valence-electron chi connectivity index (χ1n) is 7.96. The van der Waals surface area contributed by atoms with E-state index >= 15 is 0 Å². The summed E-state index contributed by atoms with van der Waals surface area (Å²) in [6.45, 7) is 10.9. The molecule has 0 aromatic heterocycles. The van der Waals surface area contributed by atoms with Crippen LogP contribution in [-0.4, -0.2) is 32.7 Å². The van der Waals surface area contributed by atoms with Crippen LogP contribution >= 0.6 is 0 Å². The zero-order valence-electron chi connectivity index (χ0n) is 13.7. The fraction of sp³-hybridized carbons (Fsp3) is 0.647. The zero-order valence-corrected chi connectivity index (χ0v) is 13.7. The highest BCUT2D eigenvalue weighted by Crippen LogP contribution is 2.24. The Morgan fingerprint density at radius 1 is 1.00 bits per heavy atom. The second kappa shape index (κ2) is 10.6. The van der Waals surface area contributed by atoms with Gasteiger partial charge < -0.3 is 19.5 Å². The summed E-state index contributed by atoms with van der Waals surface area (Å²) in [6.07, 6.45) is 0.774. The molecule has 1 aromatic carbocycles. The molecule has 0 amide bonds. The summed E-state index contributed by atoms with van der Waals surface area (Å²) < 4.78 is 17.1. The first kappa shape index (κ1) is 18.0. The lowest BCUT2D eigenvalue weighted by molar-refractivity contribution is -0.155. The fourth-order valence-corrected chi connectivity index (χ4v) is 2.20. The van der Waals surface area contributed by atoms with Crippen molar-refractivity contribution in [2.24, 2.45) is 0 Å². The van der Waals surface area contributed by atoms with Gasteiger partial charge in [0.25, 0.3) is 0 Å². The summed E-state index contributed by atoms with van der Waals surface area (Å²) in [5, 5.41) is 3.52. The van der Waals surface area contributed by atoms with E-state index in [2.05, 4.69) is 24.4 Å². The molecule has 4 nitrogen and oxygen atoms in total. The van der Waals surface area contributed by atoms with Crippen LogP contribution in [0.5, 0.6) is 5.75 Å². The Labute approximate surface area is 128 Å². The lowest BCUT2D eigenvalue weighted by Crippen LogP contribution is -2.36. The summed E-state index contributed by atoms with van der Waals surface area (Å²) in [5.74, 6) is 0.880. The van der Waals surface area contributed by atoms with Gasteiger partial charge in [-0.05, 0) is 51.4 Å². The van der Waals surface area contributed by atoms with Crippen LogP contribution in [0.3, 0.4) is 0 Å². The first-order chi connectivity index (χ1) is 10.3. The van der Waals surface area contributed by atoms with Gasteiger partial charge in [0, 0.05) is 13.2 Å². The van der Waals surface area contributed by atoms with Gasteiger partial charge in [0.2, 0.25) is 0 Å². The maximum absolute atomic E-state index is 5.77. The summed E-state index contributed by atoms with van der Waals surface area (Å²) in [7, 11) is 0. The molecule has 0 aliphatic rings. The number of hydrogen-bond donors (Lipinski definition) is 1. The Hall–Kier alpha value is -1.10. The van der Waals surface area contributed by atoms with E-state index in [0.717, 1.165) is 24.3 Å². The lowest BCUT2D eigenvalue weighted by Gasteiger charge is -2.28. The van der Waals surface area contributed by atoms with Gasteiger partial charge in [0.05, 0.1) is 12.6 Å². The van der Waals surface area contributed by atoms with Crippen LogP contribution in [0.2, 0.25) is 0 Å². The summed E-state index contributed by atoms with van der Waals surface area (Å²) in [4.78, 5) is 0. The van der Waals surface area contributed by atoms with Crippen LogP contribution in [0.1, 0.15) is 45.7 Å². The third-order valence-electron chi connectivity index (χ3n) is 3.08. The Morgan fingerprint density at radius 2 is 1.71 bits per heavy atom. The van der Waals surface area contributed by atoms with E-state index in [1.807, 2.05) is 32.9 Å². The highest BCUT2D eigenvalue weighted by atomic mass is 16.7. The molecule has 0 aliphatic carbocycles. The van der Waals surface area contributed by atoms with Crippen molar-refractivity contribution in [2.75, 3.05) is 26.4 Å². The predicted molar refractivity (Wildman–Crippen MR) is 85.7 cm³/mol. The van der Waals surface area contributed by atoms with Gasteiger partial charge in [-0.2, -0.15) is 0 Å². The number of benzene rings is 1. The second-order valence-corrected chi connectivity index (χ2v) is 4.72. The van der Waals surface area contributed by atoms with Gasteiger partial charge in [-0.25, -0.2) is 0 Å². The molecule has 120 valence electrons. The van der Waals surface area contributed by atoms with Crippen molar-refractivity contribution >= 4 is 0 Å². The van der Waals surface area contributed by atoms with E-state index in [0.29, 0.717) is 19.8 Å². The highest BCUT2D eigenvalue weighted by molar-refractivity contribution is 5.31. The molecule has 0 heterocycles. The molecule has 0 saturated carbocycles. The van der Waals surface area contributed by atoms with Crippen molar-refractivity contribution in [3.8, 4) is 5.75 Å². The van der Waals surface area contributed by atoms with Crippen LogP contribution in [-0.2, 0) is 9.47 Å². The topological polar surface area (TPSA) is 39.7 Å². The molecule has 0 saturated heterocycles. The van der Waals surface area contributed by atoms with E-state index in [4.69, 9.17) is 14.2 Å². The average molecular weight is 295 g/mol. The summed E-state index contributed by atoms with van der Waals surface area (Å²) >= 11 is 0. The van der Waals surface area contributed by atoms with Crippen molar-refractivity contribution < 1.29 is 14.2 Å². The van der Waals surface area contributed by atoms with E-state index in [-0.39, 0.29) is 12.3 Å². The minimum atomic E-state index is -0.288. The maximum Gasteiger partial charge on any atom is 0.176 e. The number of rotatable bonds is 11. The third kappa shape index (κ3) is 6.04. The van der Waals surface area contributed by atoms with Crippen LogP contribution < -0.4 is 10.1 Å². The SMILES string of the molecule is CCCNC(c1cccc(OCC)c1)C(OCC)OCC. The molecule has 0 spiro atoms. The Morgan fingerprint density at radius 3 is 2.29 bits per heavy atom. The van der Waals surface area contributed by atoms with Gasteiger partial charge in [0.1, 0.15) is 5.75 Å². The Balaban J connectivity index is 2.95. The van der Waals surface area contributed by atoms with Crippen molar-refractivity contribution in [1.29, 1.82) is 0 Å². The van der Waals surface area contributed by atoms with E-state index in [9.17, 15) is 0 Å². The molecule has 1 rings (SSSR count). The van der Waals surface area contributed by atoms with E-state index in [1.165, 1.54) is 0 Å². The minimum absolute atomic E-state index is 0.00487. The molecule has 1 aromatic rings. The average Bonchev–Trinajstić information content (AvgIpc) is 2.49. The molecule has 0 aliphatic heterocycles. The molecule has 1 N–H and O–H groups in total. The van der Waals surface area contributed by atoms with Gasteiger partial charge in [-0.1, -0.05) is 19.1 Å². The monoisotopic (exact) mass is 295 g/mol. The van der Waals surface area contributed by atoms with Crippen molar-refractivity contribution in [3.05, 3.63) is 29.8 Å². The number of ether oxygens (including phenoxy) is 3. The molecule has 0 fully saturated rings. The molecule has 0 radical (unpaired) electrons. The third-order valence-corrected chi connectivity index (χ3v) is 3.08. The minimum Gasteiger partial charge on any atom is -0.494 e. The van der Waals surface area contributed by atoms with Gasteiger partial charge in [-0.3, -0.25) is 0 Å². The van der Waals surface area contributed by atoms with Crippen molar-refractivity contribution in [1.82, 2.24) is 5.32 Å². The van der Waals surface area contributed by atoms with Gasteiger partial charge >= 0.3 is 0 Å². The zero-order chi connectivity index (χ0) is 15.5.